The highest BCUT2D eigenvalue weighted by molar-refractivity contribution is 5.60. The molecule has 0 bridgehead atoms. The van der Waals surface area contributed by atoms with Gasteiger partial charge in [-0.2, -0.15) is 0 Å². The van der Waals surface area contributed by atoms with Crippen LogP contribution in [0.2, 0.25) is 0 Å². The summed E-state index contributed by atoms with van der Waals surface area (Å²) in [6.07, 6.45) is 0.174. The van der Waals surface area contributed by atoms with Crippen LogP contribution in [-0.4, -0.2) is 24.2 Å². The molecule has 1 N–H and O–H groups in total. The van der Waals surface area contributed by atoms with Crippen molar-refractivity contribution in [1.82, 2.24) is 0 Å². The fraction of sp³-hybridized carbons (Fsp3) is 0.455. The minimum absolute atomic E-state index is 0.0899. The first kappa shape index (κ1) is 12.4. The molecule has 5 nitrogen and oxygen atoms in total. The molecule has 1 rings (SSSR count). The van der Waals surface area contributed by atoms with Crippen molar-refractivity contribution in [3.8, 4) is 0 Å². The lowest BCUT2D eigenvalue weighted by atomic mass is 10.2. The van der Waals surface area contributed by atoms with Gasteiger partial charge in [0, 0.05) is 12.6 Å². The summed E-state index contributed by atoms with van der Waals surface area (Å²) in [6, 6.07) is 6.58. The Hall–Kier alpha value is -1.62. The van der Waals surface area contributed by atoms with Gasteiger partial charge in [-0.3, -0.25) is 10.1 Å². The van der Waals surface area contributed by atoms with Crippen LogP contribution in [0.4, 0.5) is 11.4 Å². The standard InChI is InChI=1S/C11H16N2O3/c1-9(2)16-8-7-12-10-5-3-4-6-11(10)13(14)15/h3-6,9,12H,7-8H2,1-2H3. The molecule has 16 heavy (non-hydrogen) atoms. The zero-order chi connectivity index (χ0) is 12.0. The summed E-state index contributed by atoms with van der Waals surface area (Å²) in [5.74, 6) is 0. The van der Waals surface area contributed by atoms with Gasteiger partial charge in [0.25, 0.3) is 5.69 Å². The highest BCUT2D eigenvalue weighted by Gasteiger charge is 2.10. The van der Waals surface area contributed by atoms with E-state index in [0.717, 1.165) is 0 Å². The van der Waals surface area contributed by atoms with Crippen molar-refractivity contribution in [3.05, 3.63) is 34.4 Å². The molecule has 0 aliphatic rings. The molecule has 0 amide bonds. The molecule has 0 atom stereocenters. The van der Waals surface area contributed by atoms with Crippen LogP contribution in [0.1, 0.15) is 13.8 Å². The van der Waals surface area contributed by atoms with Crippen LogP contribution >= 0.6 is 0 Å². The Balaban J connectivity index is 2.50. The summed E-state index contributed by atoms with van der Waals surface area (Å²) < 4.78 is 5.33. The van der Waals surface area contributed by atoms with E-state index >= 15 is 0 Å². The molecule has 5 heteroatoms. The van der Waals surface area contributed by atoms with E-state index in [-0.39, 0.29) is 11.8 Å². The SMILES string of the molecule is CC(C)OCCNc1ccccc1[N+](=O)[O-]. The maximum Gasteiger partial charge on any atom is 0.292 e. The highest BCUT2D eigenvalue weighted by Crippen LogP contribution is 2.22. The van der Waals surface area contributed by atoms with Crippen molar-refractivity contribution in [2.45, 2.75) is 20.0 Å². The van der Waals surface area contributed by atoms with Crippen molar-refractivity contribution in [3.63, 3.8) is 0 Å². The molecular formula is C11H16N2O3. The summed E-state index contributed by atoms with van der Waals surface area (Å²) in [6.45, 7) is 4.99. The maximum absolute atomic E-state index is 10.7. The number of hydrogen-bond acceptors (Lipinski definition) is 4. The molecule has 1 aromatic rings. The van der Waals surface area contributed by atoms with E-state index in [0.29, 0.717) is 18.8 Å². The lowest BCUT2D eigenvalue weighted by Crippen LogP contribution is -2.13. The molecule has 0 aromatic heterocycles. The van der Waals surface area contributed by atoms with Crippen LogP contribution in [0.25, 0.3) is 0 Å². The zero-order valence-corrected chi connectivity index (χ0v) is 9.47. The van der Waals surface area contributed by atoms with E-state index < -0.39 is 4.92 Å². The monoisotopic (exact) mass is 224 g/mol. The molecule has 0 aliphatic carbocycles. The fourth-order valence-electron chi connectivity index (χ4n) is 1.26. The van der Waals surface area contributed by atoms with Gasteiger partial charge >= 0.3 is 0 Å². The van der Waals surface area contributed by atoms with Crippen molar-refractivity contribution < 1.29 is 9.66 Å². The third-order valence-electron chi connectivity index (χ3n) is 1.97. The molecule has 0 fully saturated rings. The molecule has 0 spiro atoms. The van der Waals surface area contributed by atoms with Crippen molar-refractivity contribution in [2.24, 2.45) is 0 Å². The number of para-hydroxylation sites is 2. The number of ether oxygens (including phenoxy) is 1. The number of nitrogens with one attached hydrogen (secondary N) is 1. The Bertz CT molecular complexity index is 353. The minimum atomic E-state index is -0.397. The Kier molecular flexibility index (Phi) is 4.72. The van der Waals surface area contributed by atoms with E-state index in [1.165, 1.54) is 6.07 Å². The lowest BCUT2D eigenvalue weighted by molar-refractivity contribution is -0.384. The summed E-state index contributed by atoms with van der Waals surface area (Å²) in [5, 5.41) is 13.7. The van der Waals surface area contributed by atoms with Crippen LogP contribution in [-0.2, 0) is 4.74 Å². The second-order valence-electron chi connectivity index (χ2n) is 3.62. The normalized spacial score (nSPS) is 10.4. The van der Waals surface area contributed by atoms with Crippen LogP contribution in [0.3, 0.4) is 0 Å². The first-order valence-electron chi connectivity index (χ1n) is 5.20. The Morgan fingerprint density at radius 2 is 2.12 bits per heavy atom. The zero-order valence-electron chi connectivity index (χ0n) is 9.47. The van der Waals surface area contributed by atoms with Crippen LogP contribution in [0.15, 0.2) is 24.3 Å². The summed E-state index contributed by atoms with van der Waals surface area (Å²) in [4.78, 5) is 10.3. The molecule has 88 valence electrons. The van der Waals surface area contributed by atoms with Crippen molar-refractivity contribution in [2.75, 3.05) is 18.5 Å². The Labute approximate surface area is 94.6 Å². The fourth-order valence-corrected chi connectivity index (χ4v) is 1.26. The van der Waals surface area contributed by atoms with E-state index in [9.17, 15) is 10.1 Å². The van der Waals surface area contributed by atoms with Gasteiger partial charge in [0.1, 0.15) is 5.69 Å². The average Bonchev–Trinajstić information content (AvgIpc) is 2.24. The second-order valence-corrected chi connectivity index (χ2v) is 3.62. The van der Waals surface area contributed by atoms with Gasteiger partial charge in [0.15, 0.2) is 0 Å². The highest BCUT2D eigenvalue weighted by atomic mass is 16.6. The van der Waals surface area contributed by atoms with Crippen molar-refractivity contribution >= 4 is 11.4 Å². The van der Waals surface area contributed by atoms with Gasteiger partial charge in [-0.25, -0.2) is 0 Å². The molecule has 0 heterocycles. The summed E-state index contributed by atoms with van der Waals surface area (Å²) in [7, 11) is 0. The molecule has 1 aromatic carbocycles. The molecule has 0 radical (unpaired) electrons. The second kappa shape index (κ2) is 6.07. The number of nitrogens with zero attached hydrogens (tertiary/aromatic N) is 1. The summed E-state index contributed by atoms with van der Waals surface area (Å²) >= 11 is 0. The number of rotatable bonds is 6. The quantitative estimate of drug-likeness (QED) is 0.458. The number of anilines is 1. The largest absolute Gasteiger partial charge is 0.377 e. The van der Waals surface area contributed by atoms with Gasteiger partial charge in [-0.15, -0.1) is 0 Å². The van der Waals surface area contributed by atoms with Gasteiger partial charge in [0.05, 0.1) is 17.6 Å². The van der Waals surface area contributed by atoms with Gasteiger partial charge in [-0.05, 0) is 19.9 Å². The molecule has 0 saturated carbocycles. The number of nitro groups is 1. The lowest BCUT2D eigenvalue weighted by Gasteiger charge is -2.09. The predicted molar refractivity (Wildman–Crippen MR) is 62.7 cm³/mol. The summed E-state index contributed by atoms with van der Waals surface area (Å²) in [5.41, 5.74) is 0.618. The van der Waals surface area contributed by atoms with Crippen LogP contribution in [0.5, 0.6) is 0 Å². The Morgan fingerprint density at radius 1 is 1.44 bits per heavy atom. The minimum Gasteiger partial charge on any atom is -0.377 e. The molecule has 0 aliphatic heterocycles. The first-order valence-corrected chi connectivity index (χ1v) is 5.20. The average molecular weight is 224 g/mol. The van der Waals surface area contributed by atoms with Crippen LogP contribution in [0, 0.1) is 10.1 Å². The van der Waals surface area contributed by atoms with Gasteiger partial charge < -0.3 is 10.1 Å². The smallest absolute Gasteiger partial charge is 0.292 e. The predicted octanol–water partition coefficient (Wildman–Crippen LogP) is 2.43. The molecule has 0 unspecified atom stereocenters. The van der Waals surface area contributed by atoms with Gasteiger partial charge in [0.2, 0.25) is 0 Å². The first-order chi connectivity index (χ1) is 7.61. The van der Waals surface area contributed by atoms with Crippen molar-refractivity contribution in [1.29, 1.82) is 0 Å². The van der Waals surface area contributed by atoms with Gasteiger partial charge in [-0.1, -0.05) is 12.1 Å². The number of benzene rings is 1. The van der Waals surface area contributed by atoms with E-state index in [2.05, 4.69) is 5.32 Å². The Morgan fingerprint density at radius 3 is 2.75 bits per heavy atom. The number of nitro benzene ring substituents is 1. The third-order valence-corrected chi connectivity index (χ3v) is 1.97. The van der Waals surface area contributed by atoms with E-state index in [1.54, 1.807) is 18.2 Å². The van der Waals surface area contributed by atoms with Crippen LogP contribution < -0.4 is 5.32 Å². The third kappa shape index (κ3) is 3.86. The molecular weight excluding hydrogens is 208 g/mol. The maximum atomic E-state index is 10.7. The molecule has 0 saturated heterocycles. The van der Waals surface area contributed by atoms with E-state index in [1.807, 2.05) is 13.8 Å². The topological polar surface area (TPSA) is 64.4 Å². The van der Waals surface area contributed by atoms with E-state index in [4.69, 9.17) is 4.74 Å². The number of hydrogen-bond donors (Lipinski definition) is 1.